The molecule has 1 aliphatic rings. The van der Waals surface area contributed by atoms with E-state index < -0.39 is 0 Å². The van der Waals surface area contributed by atoms with E-state index in [1.54, 1.807) is 0 Å². The van der Waals surface area contributed by atoms with Crippen LogP contribution in [-0.4, -0.2) is 25.2 Å². The zero-order valence-corrected chi connectivity index (χ0v) is 13.1. The Hall–Kier alpha value is -1.55. The van der Waals surface area contributed by atoms with Crippen molar-refractivity contribution in [1.29, 1.82) is 0 Å². The fourth-order valence-corrected chi connectivity index (χ4v) is 2.03. The number of rotatable bonds is 8. The first-order chi connectivity index (χ1) is 10.1. The molecule has 1 aromatic rings. The number of ether oxygens (including phenoxy) is 2. The van der Waals surface area contributed by atoms with Crippen LogP contribution in [0, 0.1) is 5.92 Å². The SMILES string of the molecule is CCOc1ccc(C(=O)NC2CC2)cc1COCC(C)C. The summed E-state index contributed by atoms with van der Waals surface area (Å²) in [5.41, 5.74) is 1.61. The molecule has 4 heteroatoms. The Morgan fingerprint density at radius 3 is 2.76 bits per heavy atom. The third-order valence-electron chi connectivity index (χ3n) is 3.24. The largest absolute Gasteiger partial charge is 0.494 e. The van der Waals surface area contributed by atoms with Gasteiger partial charge in [-0.05, 0) is 43.9 Å². The van der Waals surface area contributed by atoms with Gasteiger partial charge in [0, 0.05) is 23.8 Å². The van der Waals surface area contributed by atoms with Crippen molar-refractivity contribution in [1.82, 2.24) is 5.32 Å². The second kappa shape index (κ2) is 7.46. The van der Waals surface area contributed by atoms with Crippen LogP contribution >= 0.6 is 0 Å². The molecule has 2 rings (SSSR count). The van der Waals surface area contributed by atoms with Crippen molar-refractivity contribution in [3.05, 3.63) is 29.3 Å². The maximum Gasteiger partial charge on any atom is 0.251 e. The molecule has 0 atom stereocenters. The van der Waals surface area contributed by atoms with Gasteiger partial charge in [-0.15, -0.1) is 0 Å². The lowest BCUT2D eigenvalue weighted by molar-refractivity contribution is 0.0935. The first kappa shape index (κ1) is 15.8. The van der Waals surface area contributed by atoms with Gasteiger partial charge in [-0.3, -0.25) is 4.79 Å². The van der Waals surface area contributed by atoms with Crippen LogP contribution in [0.4, 0.5) is 0 Å². The summed E-state index contributed by atoms with van der Waals surface area (Å²) in [6.07, 6.45) is 2.18. The Morgan fingerprint density at radius 2 is 2.14 bits per heavy atom. The lowest BCUT2D eigenvalue weighted by Crippen LogP contribution is -2.25. The summed E-state index contributed by atoms with van der Waals surface area (Å²) >= 11 is 0. The predicted molar refractivity (Wildman–Crippen MR) is 82.6 cm³/mol. The standard InChI is InChI=1S/C17H25NO3/c1-4-21-16-8-5-13(17(19)18-15-6-7-15)9-14(16)11-20-10-12(2)3/h5,8-9,12,15H,4,6-7,10-11H2,1-3H3,(H,18,19). The highest BCUT2D eigenvalue weighted by molar-refractivity contribution is 5.95. The van der Waals surface area contributed by atoms with E-state index in [4.69, 9.17) is 9.47 Å². The van der Waals surface area contributed by atoms with Crippen LogP contribution in [0.2, 0.25) is 0 Å². The molecule has 0 spiro atoms. The van der Waals surface area contributed by atoms with E-state index in [9.17, 15) is 4.79 Å². The Balaban J connectivity index is 2.06. The molecule has 4 nitrogen and oxygen atoms in total. The average molecular weight is 291 g/mol. The van der Waals surface area contributed by atoms with Crippen molar-refractivity contribution in [2.75, 3.05) is 13.2 Å². The van der Waals surface area contributed by atoms with Crippen LogP contribution in [0.25, 0.3) is 0 Å². The molecule has 1 N–H and O–H groups in total. The molecule has 0 aromatic heterocycles. The van der Waals surface area contributed by atoms with Crippen molar-refractivity contribution in [3.8, 4) is 5.75 Å². The van der Waals surface area contributed by atoms with Crippen molar-refractivity contribution in [2.45, 2.75) is 46.3 Å². The molecule has 21 heavy (non-hydrogen) atoms. The van der Waals surface area contributed by atoms with Crippen molar-refractivity contribution < 1.29 is 14.3 Å². The van der Waals surface area contributed by atoms with Gasteiger partial charge in [0.25, 0.3) is 5.91 Å². The summed E-state index contributed by atoms with van der Waals surface area (Å²) in [5.74, 6) is 1.27. The normalized spacial score (nSPS) is 14.3. The molecule has 0 heterocycles. The van der Waals surface area contributed by atoms with E-state index in [1.807, 2.05) is 25.1 Å². The highest BCUT2D eigenvalue weighted by Gasteiger charge is 2.24. The summed E-state index contributed by atoms with van der Waals surface area (Å²) in [7, 11) is 0. The Kier molecular flexibility index (Phi) is 5.62. The quantitative estimate of drug-likeness (QED) is 0.800. The van der Waals surface area contributed by atoms with Crippen molar-refractivity contribution in [3.63, 3.8) is 0 Å². The molecule has 1 aliphatic carbocycles. The van der Waals surface area contributed by atoms with Gasteiger partial charge in [0.15, 0.2) is 0 Å². The minimum absolute atomic E-state index is 0.00865. The zero-order valence-electron chi connectivity index (χ0n) is 13.1. The zero-order chi connectivity index (χ0) is 15.2. The van der Waals surface area contributed by atoms with Gasteiger partial charge in [0.2, 0.25) is 0 Å². The molecule has 0 aliphatic heterocycles. The predicted octanol–water partition coefficient (Wildman–Crippen LogP) is 3.15. The molecule has 1 amide bonds. The smallest absolute Gasteiger partial charge is 0.251 e. The molecule has 0 bridgehead atoms. The number of carbonyl (C=O) groups is 1. The fourth-order valence-electron chi connectivity index (χ4n) is 2.03. The monoisotopic (exact) mass is 291 g/mol. The lowest BCUT2D eigenvalue weighted by atomic mass is 10.1. The van der Waals surface area contributed by atoms with Gasteiger partial charge in [-0.1, -0.05) is 13.8 Å². The van der Waals surface area contributed by atoms with Crippen LogP contribution in [0.1, 0.15) is 49.5 Å². The topological polar surface area (TPSA) is 47.6 Å². The van der Waals surface area contributed by atoms with E-state index in [0.29, 0.717) is 37.3 Å². The van der Waals surface area contributed by atoms with E-state index in [-0.39, 0.29) is 5.91 Å². The number of nitrogens with one attached hydrogen (secondary N) is 1. The van der Waals surface area contributed by atoms with E-state index >= 15 is 0 Å². The van der Waals surface area contributed by atoms with Crippen molar-refractivity contribution in [2.24, 2.45) is 5.92 Å². The first-order valence-corrected chi connectivity index (χ1v) is 7.74. The highest BCUT2D eigenvalue weighted by Crippen LogP contribution is 2.23. The fraction of sp³-hybridized carbons (Fsp3) is 0.588. The Bertz CT molecular complexity index is 481. The highest BCUT2D eigenvalue weighted by atomic mass is 16.5. The maximum absolute atomic E-state index is 12.1. The third-order valence-corrected chi connectivity index (χ3v) is 3.24. The minimum Gasteiger partial charge on any atom is -0.494 e. The molecular weight excluding hydrogens is 266 g/mol. The summed E-state index contributed by atoms with van der Waals surface area (Å²) in [6.45, 7) is 7.95. The first-order valence-electron chi connectivity index (χ1n) is 7.74. The summed E-state index contributed by atoms with van der Waals surface area (Å²) in [5, 5.41) is 3.00. The number of amides is 1. The molecule has 1 saturated carbocycles. The maximum atomic E-state index is 12.1. The number of carbonyl (C=O) groups excluding carboxylic acids is 1. The van der Waals surface area contributed by atoms with Gasteiger partial charge in [-0.25, -0.2) is 0 Å². The summed E-state index contributed by atoms with van der Waals surface area (Å²) in [4.78, 5) is 12.1. The van der Waals surface area contributed by atoms with Crippen molar-refractivity contribution >= 4 is 5.91 Å². The minimum atomic E-state index is -0.00865. The number of benzene rings is 1. The molecule has 0 radical (unpaired) electrons. The molecule has 0 saturated heterocycles. The third kappa shape index (κ3) is 5.05. The average Bonchev–Trinajstić information content (AvgIpc) is 3.24. The van der Waals surface area contributed by atoms with E-state index in [2.05, 4.69) is 19.2 Å². The van der Waals surface area contributed by atoms with Crippen LogP contribution in [-0.2, 0) is 11.3 Å². The van der Waals surface area contributed by atoms with E-state index in [1.165, 1.54) is 0 Å². The van der Waals surface area contributed by atoms with Gasteiger partial charge in [0.1, 0.15) is 5.75 Å². The molecule has 1 fully saturated rings. The van der Waals surface area contributed by atoms with Crippen LogP contribution in [0.3, 0.4) is 0 Å². The number of hydrogen-bond donors (Lipinski definition) is 1. The Labute approximate surface area is 126 Å². The molecular formula is C17H25NO3. The van der Waals surface area contributed by atoms with Crippen LogP contribution in [0.15, 0.2) is 18.2 Å². The second-order valence-electron chi connectivity index (χ2n) is 5.91. The summed E-state index contributed by atoms with van der Waals surface area (Å²) in [6, 6.07) is 5.92. The Morgan fingerprint density at radius 1 is 1.38 bits per heavy atom. The van der Waals surface area contributed by atoms with E-state index in [0.717, 1.165) is 24.2 Å². The summed E-state index contributed by atoms with van der Waals surface area (Å²) < 4.78 is 11.3. The lowest BCUT2D eigenvalue weighted by Gasteiger charge is -2.13. The van der Waals surface area contributed by atoms with Crippen LogP contribution < -0.4 is 10.1 Å². The second-order valence-corrected chi connectivity index (χ2v) is 5.91. The number of hydrogen-bond acceptors (Lipinski definition) is 3. The van der Waals surface area contributed by atoms with Gasteiger partial charge in [-0.2, -0.15) is 0 Å². The van der Waals surface area contributed by atoms with Gasteiger partial charge in [0.05, 0.1) is 13.2 Å². The van der Waals surface area contributed by atoms with Crippen LogP contribution in [0.5, 0.6) is 5.75 Å². The van der Waals surface area contributed by atoms with Gasteiger partial charge >= 0.3 is 0 Å². The molecule has 116 valence electrons. The molecule has 1 aromatic carbocycles. The molecule has 0 unspecified atom stereocenters. The van der Waals surface area contributed by atoms with Gasteiger partial charge < -0.3 is 14.8 Å².